The first kappa shape index (κ1) is 24.7. The molecule has 0 aliphatic heterocycles. The van der Waals surface area contributed by atoms with Crippen molar-refractivity contribution in [3.05, 3.63) is 75.3 Å². The van der Waals surface area contributed by atoms with E-state index in [2.05, 4.69) is 54.9 Å². The van der Waals surface area contributed by atoms with E-state index >= 15 is 0 Å². The summed E-state index contributed by atoms with van der Waals surface area (Å²) in [6.45, 7) is 11.0. The minimum Gasteiger partial charge on any atom is -0.465 e. The Kier molecular flexibility index (Phi) is 7.13. The number of hydrogen-bond donors (Lipinski definition) is 1. The lowest BCUT2D eigenvalue weighted by Gasteiger charge is -2.12. The third-order valence-electron chi connectivity index (χ3n) is 6.67. The number of methoxy groups -OCH3 is 1. The fourth-order valence-electron chi connectivity index (χ4n) is 4.65. The minimum atomic E-state index is -0.457. The van der Waals surface area contributed by atoms with Crippen LogP contribution in [0.1, 0.15) is 62.2 Å². The number of carbonyl (C=O) groups is 2. The van der Waals surface area contributed by atoms with Gasteiger partial charge in [0, 0.05) is 27.9 Å². The number of nitrogens with one attached hydrogen (secondary N) is 1. The second kappa shape index (κ2) is 10.1. The Morgan fingerprint density at radius 1 is 1.03 bits per heavy atom. The van der Waals surface area contributed by atoms with E-state index in [0.717, 1.165) is 57.4 Å². The van der Waals surface area contributed by atoms with Crippen LogP contribution in [0.5, 0.6) is 0 Å². The van der Waals surface area contributed by atoms with E-state index in [1.54, 1.807) is 0 Å². The molecule has 0 atom stereocenters. The molecule has 0 spiro atoms. The van der Waals surface area contributed by atoms with E-state index in [0.29, 0.717) is 16.3 Å². The van der Waals surface area contributed by atoms with Gasteiger partial charge in [-0.25, -0.2) is 4.79 Å². The Balaban J connectivity index is 1.82. The van der Waals surface area contributed by atoms with Crippen LogP contribution in [0.25, 0.3) is 22.0 Å². The molecule has 0 unspecified atom stereocenters. The van der Waals surface area contributed by atoms with Gasteiger partial charge in [0.05, 0.1) is 7.11 Å². The number of nitrogens with zero attached hydrogens (tertiary/aromatic N) is 1. The minimum absolute atomic E-state index is 0.215. The number of unbranched alkanes of at least 4 members (excludes halogenated alkanes) is 1. The molecule has 2 aromatic heterocycles. The van der Waals surface area contributed by atoms with Gasteiger partial charge in [-0.3, -0.25) is 4.79 Å². The summed E-state index contributed by atoms with van der Waals surface area (Å²) >= 11 is 1.41. The van der Waals surface area contributed by atoms with Crippen LogP contribution in [-0.4, -0.2) is 23.6 Å². The standard InChI is InChI=1S/C29H32N2O3S/c1-7-8-15-31-23-12-10-9-11-22(23)19(4)26(31)27(32)30-28-25(29(33)34-6)24(20(5)35-28)21-14-13-17(2)18(3)16-21/h9-14,16H,7-8,15H2,1-6H3,(H,30,32). The number of thiophene rings is 1. The zero-order valence-electron chi connectivity index (χ0n) is 21.2. The van der Waals surface area contributed by atoms with E-state index in [9.17, 15) is 9.59 Å². The zero-order chi connectivity index (χ0) is 25.3. The molecule has 1 amide bonds. The summed E-state index contributed by atoms with van der Waals surface area (Å²) in [6.07, 6.45) is 2.00. The molecule has 2 heterocycles. The third-order valence-corrected chi connectivity index (χ3v) is 7.69. The number of hydrogen-bond acceptors (Lipinski definition) is 4. The van der Waals surface area contributed by atoms with Crippen LogP contribution in [0.4, 0.5) is 5.00 Å². The summed E-state index contributed by atoms with van der Waals surface area (Å²) in [6, 6.07) is 14.3. The van der Waals surface area contributed by atoms with Gasteiger partial charge in [-0.15, -0.1) is 11.3 Å². The maximum atomic E-state index is 13.7. The van der Waals surface area contributed by atoms with Gasteiger partial charge in [0.15, 0.2) is 0 Å². The molecule has 0 bridgehead atoms. The van der Waals surface area contributed by atoms with Gasteiger partial charge in [-0.05, 0) is 62.4 Å². The van der Waals surface area contributed by atoms with Gasteiger partial charge in [-0.1, -0.05) is 49.7 Å². The highest BCUT2D eigenvalue weighted by atomic mass is 32.1. The van der Waals surface area contributed by atoms with E-state index in [-0.39, 0.29) is 5.91 Å². The number of fused-ring (bicyclic) bond motifs is 1. The molecule has 2 aromatic carbocycles. The van der Waals surface area contributed by atoms with Crippen LogP contribution in [-0.2, 0) is 11.3 Å². The lowest BCUT2D eigenvalue weighted by molar-refractivity contribution is 0.0603. The van der Waals surface area contributed by atoms with Crippen molar-refractivity contribution in [1.29, 1.82) is 0 Å². The predicted molar refractivity (Wildman–Crippen MR) is 145 cm³/mol. The van der Waals surface area contributed by atoms with Crippen LogP contribution in [0.3, 0.4) is 0 Å². The smallest absolute Gasteiger partial charge is 0.341 e. The van der Waals surface area contributed by atoms with Crippen LogP contribution >= 0.6 is 11.3 Å². The molecule has 4 rings (SSSR count). The molecule has 0 aliphatic rings. The first-order valence-corrected chi connectivity index (χ1v) is 12.8. The first-order chi connectivity index (χ1) is 16.8. The number of carbonyl (C=O) groups excluding carboxylic acids is 2. The van der Waals surface area contributed by atoms with Crippen molar-refractivity contribution in [2.45, 2.75) is 54.0 Å². The van der Waals surface area contributed by atoms with Crippen LogP contribution in [0, 0.1) is 27.7 Å². The number of rotatable bonds is 7. The summed E-state index contributed by atoms with van der Waals surface area (Å²) in [5.74, 6) is -0.672. The van der Waals surface area contributed by atoms with Crippen LogP contribution < -0.4 is 5.32 Å². The molecule has 6 heteroatoms. The predicted octanol–water partition coefficient (Wildman–Crippen LogP) is 7.44. The Morgan fingerprint density at radius 2 is 1.77 bits per heavy atom. The van der Waals surface area contributed by atoms with Crippen molar-refractivity contribution in [1.82, 2.24) is 4.57 Å². The Bertz CT molecular complexity index is 1430. The number of para-hydroxylation sites is 1. The van der Waals surface area contributed by atoms with E-state index in [1.807, 2.05) is 32.0 Å². The van der Waals surface area contributed by atoms with Gasteiger partial charge >= 0.3 is 5.97 Å². The first-order valence-electron chi connectivity index (χ1n) is 12.0. The molecule has 35 heavy (non-hydrogen) atoms. The second-order valence-corrected chi connectivity index (χ2v) is 10.2. The quantitative estimate of drug-likeness (QED) is 0.275. The van der Waals surface area contributed by atoms with Gasteiger partial charge in [0.25, 0.3) is 5.91 Å². The van der Waals surface area contributed by atoms with E-state index < -0.39 is 5.97 Å². The molecule has 4 aromatic rings. The average Bonchev–Trinajstić information content (AvgIpc) is 3.32. The highest BCUT2D eigenvalue weighted by molar-refractivity contribution is 7.17. The largest absolute Gasteiger partial charge is 0.465 e. The van der Waals surface area contributed by atoms with Crippen molar-refractivity contribution in [2.24, 2.45) is 0 Å². The Morgan fingerprint density at radius 3 is 2.46 bits per heavy atom. The second-order valence-electron chi connectivity index (χ2n) is 8.98. The molecule has 0 saturated heterocycles. The molecule has 0 radical (unpaired) electrons. The molecular formula is C29H32N2O3S. The molecule has 182 valence electrons. The van der Waals surface area contributed by atoms with Crippen molar-refractivity contribution >= 4 is 39.1 Å². The maximum absolute atomic E-state index is 13.7. The van der Waals surface area contributed by atoms with Gasteiger partial charge < -0.3 is 14.6 Å². The molecule has 0 saturated carbocycles. The average molecular weight is 489 g/mol. The summed E-state index contributed by atoms with van der Waals surface area (Å²) < 4.78 is 7.26. The number of aromatic nitrogens is 1. The lowest BCUT2D eigenvalue weighted by Crippen LogP contribution is -2.19. The molecular weight excluding hydrogens is 456 g/mol. The molecule has 5 nitrogen and oxygen atoms in total. The summed E-state index contributed by atoms with van der Waals surface area (Å²) in [4.78, 5) is 27.6. The number of esters is 1. The number of amides is 1. The Hall–Kier alpha value is -3.38. The van der Waals surface area contributed by atoms with Crippen LogP contribution in [0.15, 0.2) is 42.5 Å². The number of benzene rings is 2. The third kappa shape index (κ3) is 4.50. The van der Waals surface area contributed by atoms with Gasteiger partial charge in [-0.2, -0.15) is 0 Å². The maximum Gasteiger partial charge on any atom is 0.341 e. The molecule has 0 aliphatic carbocycles. The van der Waals surface area contributed by atoms with E-state index in [4.69, 9.17) is 4.74 Å². The zero-order valence-corrected chi connectivity index (χ0v) is 22.1. The Labute approximate surface area is 210 Å². The normalized spacial score (nSPS) is 11.1. The number of anilines is 1. The van der Waals surface area contributed by atoms with Crippen LogP contribution in [0.2, 0.25) is 0 Å². The summed E-state index contributed by atoms with van der Waals surface area (Å²) in [5.41, 5.74) is 7.11. The topological polar surface area (TPSA) is 60.3 Å². The van der Waals surface area contributed by atoms with Gasteiger partial charge in [0.2, 0.25) is 0 Å². The number of ether oxygens (including phenoxy) is 1. The van der Waals surface area contributed by atoms with Crippen molar-refractivity contribution in [3.63, 3.8) is 0 Å². The highest BCUT2D eigenvalue weighted by Gasteiger charge is 2.27. The van der Waals surface area contributed by atoms with Crippen molar-refractivity contribution < 1.29 is 14.3 Å². The number of aryl methyl sites for hydroxylation is 5. The monoisotopic (exact) mass is 488 g/mol. The summed E-state index contributed by atoms with van der Waals surface area (Å²) in [7, 11) is 1.37. The SMILES string of the molecule is CCCCn1c(C(=O)Nc2sc(C)c(-c3ccc(C)c(C)c3)c2C(=O)OC)c(C)c2ccccc21. The highest BCUT2D eigenvalue weighted by Crippen LogP contribution is 2.41. The molecule has 0 fully saturated rings. The van der Waals surface area contributed by atoms with Gasteiger partial charge in [0.1, 0.15) is 16.3 Å². The fraction of sp³-hybridized carbons (Fsp3) is 0.310. The van der Waals surface area contributed by atoms with Crippen molar-refractivity contribution in [3.8, 4) is 11.1 Å². The van der Waals surface area contributed by atoms with Crippen molar-refractivity contribution in [2.75, 3.05) is 12.4 Å². The van der Waals surface area contributed by atoms with E-state index in [1.165, 1.54) is 24.0 Å². The molecule has 1 N–H and O–H groups in total. The summed E-state index contributed by atoms with van der Waals surface area (Å²) in [5, 5.41) is 4.66. The lowest BCUT2D eigenvalue weighted by atomic mass is 9.97. The fourth-order valence-corrected chi connectivity index (χ4v) is 5.71.